The molecule has 0 bridgehead atoms. The molecule has 2 unspecified atom stereocenters. The molecular weight excluding hydrogens is 380 g/mol. The predicted molar refractivity (Wildman–Crippen MR) is 106 cm³/mol. The van der Waals surface area contributed by atoms with Crippen LogP contribution >= 0.6 is 0 Å². The molecule has 168 valence electrons. The molecule has 0 rings (SSSR count). The van der Waals surface area contributed by atoms with Gasteiger partial charge in [-0.05, 0) is 46.0 Å². The Kier molecular flexibility index (Phi) is 15.6. The fourth-order valence-corrected chi connectivity index (χ4v) is 2.04. The van der Waals surface area contributed by atoms with Gasteiger partial charge < -0.3 is 18.9 Å². The Hall–Kier alpha value is -2.12. The highest BCUT2D eigenvalue weighted by Gasteiger charge is 2.12. The van der Waals surface area contributed by atoms with E-state index in [-0.39, 0.29) is 51.1 Å². The Balaban J connectivity index is 3.58. The molecule has 0 N–H and O–H groups in total. The largest absolute Gasteiger partial charge is 0.466 e. The van der Waals surface area contributed by atoms with Gasteiger partial charge in [0, 0.05) is 0 Å². The average molecular weight is 417 g/mol. The van der Waals surface area contributed by atoms with Gasteiger partial charge in [-0.1, -0.05) is 13.8 Å². The zero-order valence-electron chi connectivity index (χ0n) is 18.2. The SMILES string of the molecule is CCC(C)OC(=O)CCC(=O)OCCCCCOC(=O)CCC(=O)OC(C)CC. The fraction of sp³-hybridized carbons (Fsp3) is 0.810. The van der Waals surface area contributed by atoms with Gasteiger partial charge in [0.05, 0.1) is 51.1 Å². The molecule has 29 heavy (non-hydrogen) atoms. The van der Waals surface area contributed by atoms with Gasteiger partial charge in [0.1, 0.15) is 0 Å². The standard InChI is InChI=1S/C21H36O8/c1-5-16(3)28-20(24)12-10-18(22)26-14-8-7-9-15-27-19(23)11-13-21(25)29-17(4)6-2/h16-17H,5-15H2,1-4H3. The third kappa shape index (κ3) is 16.5. The van der Waals surface area contributed by atoms with Crippen LogP contribution in [0.5, 0.6) is 0 Å². The highest BCUT2D eigenvalue weighted by Crippen LogP contribution is 2.05. The van der Waals surface area contributed by atoms with Crippen LogP contribution in [0.15, 0.2) is 0 Å². The first-order valence-electron chi connectivity index (χ1n) is 10.5. The van der Waals surface area contributed by atoms with Crippen LogP contribution in [0.25, 0.3) is 0 Å². The Bertz CT molecular complexity index is 459. The molecule has 0 heterocycles. The number of rotatable bonds is 16. The maximum absolute atomic E-state index is 11.6. The van der Waals surface area contributed by atoms with E-state index in [9.17, 15) is 19.2 Å². The molecule has 0 saturated heterocycles. The van der Waals surface area contributed by atoms with Gasteiger partial charge in [-0.25, -0.2) is 0 Å². The van der Waals surface area contributed by atoms with Crippen LogP contribution in [0.1, 0.15) is 85.5 Å². The van der Waals surface area contributed by atoms with Crippen LogP contribution in [-0.4, -0.2) is 49.3 Å². The summed E-state index contributed by atoms with van der Waals surface area (Å²) in [7, 11) is 0. The molecule has 0 aliphatic heterocycles. The van der Waals surface area contributed by atoms with E-state index in [1.165, 1.54) is 0 Å². The Morgan fingerprint density at radius 1 is 0.586 bits per heavy atom. The van der Waals surface area contributed by atoms with Crippen molar-refractivity contribution in [3.05, 3.63) is 0 Å². The lowest BCUT2D eigenvalue weighted by molar-refractivity contribution is -0.153. The van der Waals surface area contributed by atoms with E-state index in [0.717, 1.165) is 19.3 Å². The molecule has 0 aliphatic carbocycles. The highest BCUT2D eigenvalue weighted by molar-refractivity contribution is 5.78. The summed E-state index contributed by atoms with van der Waals surface area (Å²) in [6.07, 6.45) is 3.23. The molecule has 0 aromatic carbocycles. The molecule has 8 nitrogen and oxygen atoms in total. The smallest absolute Gasteiger partial charge is 0.306 e. The maximum Gasteiger partial charge on any atom is 0.306 e. The van der Waals surface area contributed by atoms with E-state index < -0.39 is 23.9 Å². The summed E-state index contributed by atoms with van der Waals surface area (Å²) in [6, 6.07) is 0. The van der Waals surface area contributed by atoms with Crippen molar-refractivity contribution in [1.29, 1.82) is 0 Å². The normalized spacial score (nSPS) is 12.6. The van der Waals surface area contributed by atoms with Gasteiger partial charge in [0.25, 0.3) is 0 Å². The zero-order chi connectivity index (χ0) is 22.1. The topological polar surface area (TPSA) is 105 Å². The van der Waals surface area contributed by atoms with Gasteiger partial charge in [0.2, 0.25) is 0 Å². The minimum atomic E-state index is -0.429. The van der Waals surface area contributed by atoms with E-state index in [0.29, 0.717) is 12.8 Å². The molecule has 0 fully saturated rings. The summed E-state index contributed by atoms with van der Waals surface area (Å²) in [6.45, 7) is 7.95. The predicted octanol–water partition coefficient (Wildman–Crippen LogP) is 3.49. The van der Waals surface area contributed by atoms with Gasteiger partial charge in [-0.3, -0.25) is 19.2 Å². The number of esters is 4. The van der Waals surface area contributed by atoms with E-state index in [4.69, 9.17) is 18.9 Å². The van der Waals surface area contributed by atoms with Crippen LogP contribution in [0.2, 0.25) is 0 Å². The molecule has 0 aromatic rings. The maximum atomic E-state index is 11.6. The minimum Gasteiger partial charge on any atom is -0.466 e. The van der Waals surface area contributed by atoms with Gasteiger partial charge in [-0.15, -0.1) is 0 Å². The van der Waals surface area contributed by atoms with E-state index in [1.807, 2.05) is 13.8 Å². The van der Waals surface area contributed by atoms with Crippen LogP contribution in [-0.2, 0) is 38.1 Å². The Morgan fingerprint density at radius 3 is 1.28 bits per heavy atom. The second kappa shape index (κ2) is 16.8. The number of hydrogen-bond acceptors (Lipinski definition) is 8. The molecule has 0 amide bonds. The molecular formula is C21H36O8. The van der Waals surface area contributed by atoms with Gasteiger partial charge in [-0.2, -0.15) is 0 Å². The number of hydrogen-bond donors (Lipinski definition) is 0. The summed E-state index contributed by atoms with van der Waals surface area (Å²) in [5.41, 5.74) is 0. The van der Waals surface area contributed by atoms with Gasteiger partial charge in [0.15, 0.2) is 0 Å². The average Bonchev–Trinajstić information content (AvgIpc) is 2.69. The summed E-state index contributed by atoms with van der Waals surface area (Å²) >= 11 is 0. The Morgan fingerprint density at radius 2 is 0.931 bits per heavy atom. The first-order valence-corrected chi connectivity index (χ1v) is 10.5. The quantitative estimate of drug-likeness (QED) is 0.214. The van der Waals surface area contributed by atoms with Crippen molar-refractivity contribution in [2.24, 2.45) is 0 Å². The summed E-state index contributed by atoms with van der Waals surface area (Å²) in [5.74, 6) is -1.65. The summed E-state index contributed by atoms with van der Waals surface area (Å²) in [5, 5.41) is 0. The molecule has 2 atom stereocenters. The summed E-state index contributed by atoms with van der Waals surface area (Å²) < 4.78 is 20.3. The van der Waals surface area contributed by atoms with Crippen molar-refractivity contribution in [3.8, 4) is 0 Å². The van der Waals surface area contributed by atoms with Crippen molar-refractivity contribution in [1.82, 2.24) is 0 Å². The van der Waals surface area contributed by atoms with Crippen molar-refractivity contribution in [2.45, 2.75) is 97.7 Å². The molecule has 0 spiro atoms. The first kappa shape index (κ1) is 26.9. The van der Waals surface area contributed by atoms with Gasteiger partial charge >= 0.3 is 23.9 Å². The molecule has 0 aromatic heterocycles. The molecule has 8 heteroatoms. The summed E-state index contributed by atoms with van der Waals surface area (Å²) in [4.78, 5) is 46.0. The lowest BCUT2D eigenvalue weighted by atomic mass is 10.2. The zero-order valence-corrected chi connectivity index (χ0v) is 18.2. The van der Waals surface area contributed by atoms with Crippen LogP contribution in [0, 0.1) is 0 Å². The molecule has 0 aliphatic rings. The second-order valence-electron chi connectivity index (χ2n) is 6.92. The second-order valence-corrected chi connectivity index (χ2v) is 6.92. The third-order valence-corrected chi connectivity index (χ3v) is 4.20. The molecule has 0 radical (unpaired) electrons. The number of carbonyl (C=O) groups excluding carboxylic acids is 4. The third-order valence-electron chi connectivity index (χ3n) is 4.20. The van der Waals surface area contributed by atoms with E-state index in [1.54, 1.807) is 13.8 Å². The molecule has 0 saturated carbocycles. The van der Waals surface area contributed by atoms with Crippen molar-refractivity contribution in [2.75, 3.05) is 13.2 Å². The first-order chi connectivity index (χ1) is 13.8. The van der Waals surface area contributed by atoms with Crippen molar-refractivity contribution in [3.63, 3.8) is 0 Å². The van der Waals surface area contributed by atoms with E-state index in [2.05, 4.69) is 0 Å². The number of unbranched alkanes of at least 4 members (excludes halogenated alkanes) is 2. The van der Waals surface area contributed by atoms with Crippen LogP contribution < -0.4 is 0 Å². The highest BCUT2D eigenvalue weighted by atomic mass is 16.6. The van der Waals surface area contributed by atoms with Crippen LogP contribution in [0.4, 0.5) is 0 Å². The number of ether oxygens (including phenoxy) is 4. The fourth-order valence-electron chi connectivity index (χ4n) is 2.04. The van der Waals surface area contributed by atoms with Crippen molar-refractivity contribution >= 4 is 23.9 Å². The number of carbonyl (C=O) groups is 4. The van der Waals surface area contributed by atoms with Crippen LogP contribution in [0.3, 0.4) is 0 Å². The van der Waals surface area contributed by atoms with Crippen molar-refractivity contribution < 1.29 is 38.1 Å². The Labute approximate surface area is 173 Å². The lowest BCUT2D eigenvalue weighted by Crippen LogP contribution is -2.16. The minimum absolute atomic E-state index is 0.00630. The monoisotopic (exact) mass is 416 g/mol. The lowest BCUT2D eigenvalue weighted by Gasteiger charge is -2.10. The van der Waals surface area contributed by atoms with E-state index >= 15 is 0 Å².